The van der Waals surface area contributed by atoms with Gasteiger partial charge in [0.1, 0.15) is 0 Å². The molecule has 1 aliphatic heterocycles. The van der Waals surface area contributed by atoms with Crippen molar-refractivity contribution in [1.82, 2.24) is 12.9 Å². The van der Waals surface area contributed by atoms with Crippen LogP contribution < -0.4 is 0 Å². The number of hydrogen-bond acceptors (Lipinski definition) is 6. The molecule has 1 heterocycles. The number of aryl methyl sites for hydroxylation is 3. The van der Waals surface area contributed by atoms with Crippen molar-refractivity contribution in [2.75, 3.05) is 39.3 Å². The van der Waals surface area contributed by atoms with Crippen molar-refractivity contribution in [2.24, 2.45) is 0 Å². The van der Waals surface area contributed by atoms with Crippen LogP contribution in [0.3, 0.4) is 0 Å². The first-order valence-corrected chi connectivity index (χ1v) is 18.5. The van der Waals surface area contributed by atoms with Crippen LogP contribution in [0.1, 0.15) is 16.7 Å². The zero-order valence-corrected chi connectivity index (χ0v) is 28.3. The van der Waals surface area contributed by atoms with E-state index in [0.717, 1.165) is 29.6 Å². The second kappa shape index (κ2) is 13.5. The third kappa shape index (κ3) is 8.07. The minimum absolute atomic E-state index is 0.0439. The molecule has 1 saturated heterocycles. The summed E-state index contributed by atoms with van der Waals surface area (Å²) in [5, 5.41) is 0. The lowest BCUT2D eigenvalue weighted by Gasteiger charge is -2.32. The van der Waals surface area contributed by atoms with Gasteiger partial charge in [-0.25, -0.2) is 25.3 Å². The molecule has 0 aromatic heterocycles. The van der Waals surface area contributed by atoms with Gasteiger partial charge in [-0.05, 0) is 73.9 Å². The molecular formula is C33H39N3O6S3. The van der Waals surface area contributed by atoms with Gasteiger partial charge >= 0.3 is 0 Å². The van der Waals surface area contributed by atoms with Crippen molar-refractivity contribution in [1.29, 1.82) is 0 Å². The van der Waals surface area contributed by atoms with E-state index in [0.29, 0.717) is 16.7 Å². The molecule has 45 heavy (non-hydrogen) atoms. The first-order chi connectivity index (χ1) is 21.0. The highest BCUT2D eigenvalue weighted by molar-refractivity contribution is 7.89. The van der Waals surface area contributed by atoms with Gasteiger partial charge in [0.2, 0.25) is 30.1 Å². The molecule has 0 bridgehead atoms. The lowest BCUT2D eigenvalue weighted by Crippen LogP contribution is -2.43. The van der Waals surface area contributed by atoms with E-state index in [1.165, 1.54) is 36.4 Å². The van der Waals surface area contributed by atoms with Crippen LogP contribution in [0.15, 0.2) is 124 Å². The SMILES string of the molecule is C=C1CN(S(=O)(=O)c2ccc(C)cc2)CC(=C)CN(S(=O)(=O)c2ccc(C)cc2)CC(=C)CN(S(=O)(=O)c2ccc(C)cc2)C1. The van der Waals surface area contributed by atoms with Crippen LogP contribution in [0.5, 0.6) is 0 Å². The van der Waals surface area contributed by atoms with Crippen molar-refractivity contribution in [3.05, 3.63) is 126 Å². The smallest absolute Gasteiger partial charge is 0.207 e. The van der Waals surface area contributed by atoms with Crippen molar-refractivity contribution in [3.63, 3.8) is 0 Å². The van der Waals surface area contributed by atoms with Gasteiger partial charge in [0, 0.05) is 39.3 Å². The molecule has 4 rings (SSSR count). The molecule has 0 aliphatic carbocycles. The maximum atomic E-state index is 13.9. The molecule has 240 valence electrons. The van der Waals surface area contributed by atoms with E-state index in [4.69, 9.17) is 0 Å². The second-order valence-electron chi connectivity index (χ2n) is 11.5. The van der Waals surface area contributed by atoms with Gasteiger partial charge in [0.25, 0.3) is 0 Å². The lowest BCUT2D eigenvalue weighted by atomic mass is 10.2. The van der Waals surface area contributed by atoms with Gasteiger partial charge in [0.15, 0.2) is 0 Å². The Labute approximate surface area is 268 Å². The normalized spacial score (nSPS) is 17.5. The molecular weight excluding hydrogens is 631 g/mol. The minimum atomic E-state index is -4.11. The number of benzene rings is 3. The average molecular weight is 670 g/mol. The van der Waals surface area contributed by atoms with Gasteiger partial charge in [0.05, 0.1) is 14.7 Å². The van der Waals surface area contributed by atoms with Crippen LogP contribution in [-0.4, -0.2) is 77.4 Å². The molecule has 12 heteroatoms. The standard InChI is InChI=1S/C33H39N3O6S3/c1-25-7-13-31(14-8-25)43(37,38)34-19-28(4)21-35(44(39,40)32-15-9-26(2)10-16-32)23-30(6)24-36(22-29(5)20-34)45(41,42)33-17-11-27(3)12-18-33/h7-18H,4-6,19-24H2,1-3H3. The highest BCUT2D eigenvalue weighted by atomic mass is 32.2. The molecule has 9 nitrogen and oxygen atoms in total. The quantitative estimate of drug-likeness (QED) is 0.353. The van der Waals surface area contributed by atoms with E-state index in [9.17, 15) is 25.3 Å². The summed E-state index contributed by atoms with van der Waals surface area (Å²) in [6.07, 6.45) is 0. The zero-order chi connectivity index (χ0) is 33.2. The molecule has 1 fully saturated rings. The van der Waals surface area contributed by atoms with Crippen molar-refractivity contribution in [2.45, 2.75) is 35.5 Å². The summed E-state index contributed by atoms with van der Waals surface area (Å²) in [5.74, 6) is 0. The predicted octanol–water partition coefficient (Wildman–Crippen LogP) is 4.67. The van der Waals surface area contributed by atoms with Crippen molar-refractivity contribution < 1.29 is 25.3 Å². The molecule has 0 amide bonds. The zero-order valence-electron chi connectivity index (χ0n) is 25.8. The molecule has 0 radical (unpaired) electrons. The Bertz CT molecular complexity index is 1670. The third-order valence-electron chi connectivity index (χ3n) is 7.38. The summed E-state index contributed by atoms with van der Waals surface area (Å²) < 4.78 is 86.8. The molecule has 0 unspecified atom stereocenters. The summed E-state index contributed by atoms with van der Waals surface area (Å²) in [6.45, 7) is 16.4. The molecule has 3 aromatic rings. The second-order valence-corrected chi connectivity index (χ2v) is 17.3. The Kier molecular flexibility index (Phi) is 10.4. The fraction of sp³-hybridized carbons (Fsp3) is 0.273. The first kappa shape index (κ1) is 34.5. The van der Waals surface area contributed by atoms with Crippen molar-refractivity contribution >= 4 is 30.1 Å². The Balaban J connectivity index is 1.79. The Morgan fingerprint density at radius 2 is 0.578 bits per heavy atom. The van der Waals surface area contributed by atoms with E-state index in [-0.39, 0.29) is 54.0 Å². The average Bonchev–Trinajstić information content (AvgIpc) is 2.96. The highest BCUT2D eigenvalue weighted by Gasteiger charge is 2.33. The van der Waals surface area contributed by atoms with Gasteiger partial charge in [-0.3, -0.25) is 0 Å². The Morgan fingerprint density at radius 3 is 0.756 bits per heavy atom. The van der Waals surface area contributed by atoms with E-state index in [2.05, 4.69) is 19.7 Å². The van der Waals surface area contributed by atoms with E-state index < -0.39 is 30.1 Å². The Hall–Kier alpha value is -3.39. The molecule has 0 spiro atoms. The van der Waals surface area contributed by atoms with E-state index in [1.54, 1.807) is 36.4 Å². The maximum absolute atomic E-state index is 13.9. The minimum Gasteiger partial charge on any atom is -0.207 e. The maximum Gasteiger partial charge on any atom is 0.243 e. The summed E-state index contributed by atoms with van der Waals surface area (Å²) in [7, 11) is -12.3. The predicted molar refractivity (Wildman–Crippen MR) is 177 cm³/mol. The van der Waals surface area contributed by atoms with Gasteiger partial charge in [-0.2, -0.15) is 12.9 Å². The highest BCUT2D eigenvalue weighted by Crippen LogP contribution is 2.25. The van der Waals surface area contributed by atoms with Crippen molar-refractivity contribution in [3.8, 4) is 0 Å². The van der Waals surface area contributed by atoms with Crippen LogP contribution in [0.25, 0.3) is 0 Å². The van der Waals surface area contributed by atoms with E-state index in [1.807, 2.05) is 20.8 Å². The van der Waals surface area contributed by atoms with E-state index >= 15 is 0 Å². The largest absolute Gasteiger partial charge is 0.243 e. The number of hydrogen-bond donors (Lipinski definition) is 0. The van der Waals surface area contributed by atoms with Gasteiger partial charge < -0.3 is 0 Å². The lowest BCUT2D eigenvalue weighted by molar-refractivity contribution is 0.393. The van der Waals surface area contributed by atoms with Crippen LogP contribution in [-0.2, 0) is 30.1 Å². The molecule has 1 aliphatic rings. The summed E-state index contributed by atoms with van der Waals surface area (Å²) in [5.41, 5.74) is 3.62. The van der Waals surface area contributed by atoms with Crippen LogP contribution in [0.2, 0.25) is 0 Å². The van der Waals surface area contributed by atoms with Crippen LogP contribution >= 0.6 is 0 Å². The fourth-order valence-corrected chi connectivity index (χ4v) is 9.35. The summed E-state index contributed by atoms with van der Waals surface area (Å²) in [6, 6.07) is 19.1. The summed E-state index contributed by atoms with van der Waals surface area (Å²) >= 11 is 0. The molecule has 3 aromatic carbocycles. The topological polar surface area (TPSA) is 112 Å². The monoisotopic (exact) mass is 669 g/mol. The summed E-state index contributed by atoms with van der Waals surface area (Å²) in [4.78, 5) is 0.132. The van der Waals surface area contributed by atoms with Gasteiger partial charge in [-0.15, -0.1) is 0 Å². The molecule has 0 saturated carbocycles. The van der Waals surface area contributed by atoms with Crippen LogP contribution in [0.4, 0.5) is 0 Å². The van der Waals surface area contributed by atoms with Gasteiger partial charge in [-0.1, -0.05) is 72.8 Å². The molecule has 0 N–H and O–H groups in total. The first-order valence-electron chi connectivity index (χ1n) is 14.2. The van der Waals surface area contributed by atoms with Crippen LogP contribution in [0, 0.1) is 20.8 Å². The number of rotatable bonds is 6. The number of sulfonamides is 3. The third-order valence-corrected chi connectivity index (χ3v) is 12.8. The fourth-order valence-electron chi connectivity index (χ4n) is 4.90. The Morgan fingerprint density at radius 1 is 0.400 bits per heavy atom. The number of nitrogens with zero attached hydrogens (tertiary/aromatic N) is 3. The molecule has 0 atom stereocenters.